The third kappa shape index (κ3) is 3.31. The summed E-state index contributed by atoms with van der Waals surface area (Å²) in [5.74, 6) is -2.05. The van der Waals surface area contributed by atoms with E-state index in [-0.39, 0.29) is 23.2 Å². The van der Waals surface area contributed by atoms with Gasteiger partial charge in [-0.05, 0) is 30.5 Å². The van der Waals surface area contributed by atoms with Crippen LogP contribution in [0.3, 0.4) is 0 Å². The molecule has 1 saturated heterocycles. The van der Waals surface area contributed by atoms with Crippen molar-refractivity contribution in [3.63, 3.8) is 0 Å². The van der Waals surface area contributed by atoms with Crippen molar-refractivity contribution in [2.45, 2.75) is 24.9 Å². The van der Waals surface area contributed by atoms with Crippen molar-refractivity contribution in [2.75, 3.05) is 24.5 Å². The van der Waals surface area contributed by atoms with Crippen molar-refractivity contribution < 1.29 is 14.3 Å². The van der Waals surface area contributed by atoms with Gasteiger partial charge in [-0.15, -0.1) is 0 Å². The summed E-state index contributed by atoms with van der Waals surface area (Å²) in [6.07, 6.45) is 1.56. The molecule has 2 aliphatic rings. The number of hydrogen-bond acceptors (Lipinski definition) is 5. The Morgan fingerprint density at radius 3 is 2.62 bits per heavy atom. The number of benzene rings is 2. The standard InChI is InChI=1S/C24H21FN4O3/c25-17-10-16-19(29(15-6-7-15)21(12-26)22(23(16)30)24(31)32)11-20(17)28-9-8-27-18(13-28)14-4-2-1-3-5-14/h1-5,10-11,15,18,27H,6-9,13H2,(H,31,32). The second-order valence-corrected chi connectivity index (χ2v) is 8.26. The number of aromatic nitrogens is 1. The summed E-state index contributed by atoms with van der Waals surface area (Å²) in [4.78, 5) is 26.6. The lowest BCUT2D eigenvalue weighted by atomic mass is 10.0. The minimum Gasteiger partial charge on any atom is -0.477 e. The van der Waals surface area contributed by atoms with Gasteiger partial charge in [0, 0.05) is 37.1 Å². The number of carboxylic acid groups (broad SMARTS) is 1. The van der Waals surface area contributed by atoms with Gasteiger partial charge in [0.1, 0.15) is 23.1 Å². The number of piperazine rings is 1. The molecule has 1 unspecified atom stereocenters. The normalized spacial score (nSPS) is 18.5. The second kappa shape index (κ2) is 7.77. The number of anilines is 1. The summed E-state index contributed by atoms with van der Waals surface area (Å²) in [6.45, 7) is 1.78. The third-order valence-electron chi connectivity index (χ3n) is 6.22. The number of hydrogen-bond donors (Lipinski definition) is 2. The highest BCUT2D eigenvalue weighted by molar-refractivity contribution is 5.96. The number of pyridine rings is 1. The van der Waals surface area contributed by atoms with E-state index in [0.717, 1.165) is 24.5 Å². The number of nitrogens with zero attached hydrogens (tertiary/aromatic N) is 3. The van der Waals surface area contributed by atoms with E-state index < -0.39 is 22.8 Å². The van der Waals surface area contributed by atoms with Gasteiger partial charge in [0.05, 0.1) is 11.2 Å². The molecule has 0 radical (unpaired) electrons. The van der Waals surface area contributed by atoms with E-state index in [0.29, 0.717) is 30.8 Å². The first kappa shape index (κ1) is 20.2. The van der Waals surface area contributed by atoms with Gasteiger partial charge in [0.2, 0.25) is 5.43 Å². The molecular weight excluding hydrogens is 411 g/mol. The number of carboxylic acids is 1. The monoisotopic (exact) mass is 432 g/mol. The predicted molar refractivity (Wildman–Crippen MR) is 118 cm³/mol. The molecule has 0 amide bonds. The summed E-state index contributed by atoms with van der Waals surface area (Å²) in [5, 5.41) is 22.7. The van der Waals surface area contributed by atoms with Gasteiger partial charge in [-0.25, -0.2) is 9.18 Å². The van der Waals surface area contributed by atoms with Gasteiger partial charge in [0.15, 0.2) is 0 Å². The number of fused-ring (bicyclic) bond motifs is 1. The molecule has 162 valence electrons. The molecule has 8 heteroatoms. The minimum absolute atomic E-state index is 0.00991. The Hall–Kier alpha value is -3.70. The summed E-state index contributed by atoms with van der Waals surface area (Å²) < 4.78 is 16.9. The van der Waals surface area contributed by atoms with E-state index in [4.69, 9.17) is 0 Å². The quantitative estimate of drug-likeness (QED) is 0.657. The first-order chi connectivity index (χ1) is 15.5. The first-order valence-electron chi connectivity index (χ1n) is 10.6. The molecule has 0 spiro atoms. The Bertz CT molecular complexity index is 1330. The summed E-state index contributed by atoms with van der Waals surface area (Å²) in [5.41, 5.74) is 0.272. The van der Waals surface area contributed by atoms with Crippen molar-refractivity contribution in [1.29, 1.82) is 5.26 Å². The molecule has 0 bridgehead atoms. The fourth-order valence-electron chi connectivity index (χ4n) is 4.55. The third-order valence-corrected chi connectivity index (χ3v) is 6.22. The zero-order valence-electron chi connectivity index (χ0n) is 17.2. The number of halogens is 1. The molecular formula is C24H21FN4O3. The molecule has 32 heavy (non-hydrogen) atoms. The summed E-state index contributed by atoms with van der Waals surface area (Å²) >= 11 is 0. The van der Waals surface area contributed by atoms with Crippen LogP contribution < -0.4 is 15.6 Å². The largest absolute Gasteiger partial charge is 0.477 e. The van der Waals surface area contributed by atoms with Gasteiger partial charge >= 0.3 is 5.97 Å². The van der Waals surface area contributed by atoms with Crippen LogP contribution in [0.25, 0.3) is 10.9 Å². The SMILES string of the molecule is N#Cc1c(C(=O)O)c(=O)c2cc(F)c(N3CCNC(c4ccccc4)C3)cc2n1C1CC1. The Morgan fingerprint density at radius 1 is 1.22 bits per heavy atom. The highest BCUT2D eigenvalue weighted by Gasteiger charge is 2.32. The van der Waals surface area contributed by atoms with Crippen molar-refractivity contribution in [1.82, 2.24) is 9.88 Å². The second-order valence-electron chi connectivity index (χ2n) is 8.26. The van der Waals surface area contributed by atoms with Crippen molar-refractivity contribution in [3.05, 3.63) is 75.3 Å². The molecule has 1 aliphatic carbocycles. The van der Waals surface area contributed by atoms with Gasteiger partial charge in [-0.2, -0.15) is 5.26 Å². The lowest BCUT2D eigenvalue weighted by Crippen LogP contribution is -2.46. The van der Waals surface area contributed by atoms with Crippen molar-refractivity contribution in [3.8, 4) is 6.07 Å². The average molecular weight is 432 g/mol. The molecule has 2 fully saturated rings. The zero-order valence-corrected chi connectivity index (χ0v) is 17.2. The van der Waals surface area contributed by atoms with E-state index in [9.17, 15) is 20.0 Å². The Morgan fingerprint density at radius 2 is 1.97 bits per heavy atom. The van der Waals surface area contributed by atoms with Crippen molar-refractivity contribution in [2.24, 2.45) is 0 Å². The van der Waals surface area contributed by atoms with Crippen LogP contribution in [-0.4, -0.2) is 35.3 Å². The van der Waals surface area contributed by atoms with Crippen LogP contribution in [0.15, 0.2) is 47.3 Å². The van der Waals surface area contributed by atoms with Crippen molar-refractivity contribution >= 4 is 22.6 Å². The highest BCUT2D eigenvalue weighted by Crippen LogP contribution is 2.40. The zero-order chi connectivity index (χ0) is 22.4. The molecule has 1 aromatic heterocycles. The molecule has 1 saturated carbocycles. The predicted octanol–water partition coefficient (Wildman–Crippen LogP) is 3.20. The van der Waals surface area contributed by atoms with Gasteiger partial charge < -0.3 is 19.9 Å². The lowest BCUT2D eigenvalue weighted by molar-refractivity contribution is 0.0694. The van der Waals surface area contributed by atoms with Crippen LogP contribution in [0.1, 0.15) is 46.5 Å². The fraction of sp³-hybridized carbons (Fsp3) is 0.292. The van der Waals surface area contributed by atoms with E-state index in [2.05, 4.69) is 5.32 Å². The number of carbonyl (C=O) groups is 1. The van der Waals surface area contributed by atoms with E-state index in [1.165, 1.54) is 0 Å². The average Bonchev–Trinajstić information content (AvgIpc) is 3.64. The smallest absolute Gasteiger partial charge is 0.342 e. The summed E-state index contributed by atoms with van der Waals surface area (Å²) in [7, 11) is 0. The minimum atomic E-state index is -1.47. The number of nitriles is 1. The highest BCUT2D eigenvalue weighted by atomic mass is 19.1. The van der Waals surface area contributed by atoms with Gasteiger partial charge in [0.25, 0.3) is 0 Å². The number of rotatable bonds is 4. The van der Waals surface area contributed by atoms with E-state index in [1.807, 2.05) is 41.3 Å². The Balaban J connectivity index is 1.66. The van der Waals surface area contributed by atoms with Crippen LogP contribution in [0.4, 0.5) is 10.1 Å². The van der Waals surface area contributed by atoms with Crippen LogP contribution >= 0.6 is 0 Å². The topological polar surface area (TPSA) is 98.4 Å². The first-order valence-corrected chi connectivity index (χ1v) is 10.6. The fourth-order valence-corrected chi connectivity index (χ4v) is 4.55. The summed E-state index contributed by atoms with van der Waals surface area (Å²) in [6, 6.07) is 14.5. The van der Waals surface area contributed by atoms with Gasteiger partial charge in [-0.1, -0.05) is 30.3 Å². The van der Waals surface area contributed by atoms with Crippen LogP contribution in [0.5, 0.6) is 0 Å². The maximum atomic E-state index is 15.3. The lowest BCUT2D eigenvalue weighted by Gasteiger charge is -2.36. The Labute approximate surface area is 183 Å². The van der Waals surface area contributed by atoms with E-state index in [1.54, 1.807) is 10.6 Å². The molecule has 1 atom stereocenters. The number of nitrogens with one attached hydrogen (secondary N) is 1. The Kier molecular flexibility index (Phi) is 4.91. The molecule has 3 aromatic rings. The molecule has 1 aliphatic heterocycles. The van der Waals surface area contributed by atoms with Crippen LogP contribution in [0.2, 0.25) is 0 Å². The molecule has 2 heterocycles. The van der Waals surface area contributed by atoms with E-state index >= 15 is 4.39 Å². The van der Waals surface area contributed by atoms with Crippen LogP contribution in [0, 0.1) is 17.1 Å². The number of aromatic carboxylic acids is 1. The van der Waals surface area contributed by atoms with Crippen LogP contribution in [-0.2, 0) is 0 Å². The maximum absolute atomic E-state index is 15.3. The van der Waals surface area contributed by atoms with Gasteiger partial charge in [-0.3, -0.25) is 4.79 Å². The molecule has 5 rings (SSSR count). The molecule has 7 nitrogen and oxygen atoms in total. The molecule has 2 aromatic carbocycles. The molecule has 2 N–H and O–H groups in total. The maximum Gasteiger partial charge on any atom is 0.342 e.